The highest BCUT2D eigenvalue weighted by molar-refractivity contribution is 5.87. The number of rotatable bonds is 3. The molecule has 0 amide bonds. The molecule has 1 heterocycles. The number of carbonyl (C=O) groups is 1. The molecule has 17 heavy (non-hydrogen) atoms. The van der Waals surface area contributed by atoms with Crippen LogP contribution in [0.15, 0.2) is 24.3 Å². The fourth-order valence-corrected chi connectivity index (χ4v) is 2.45. The summed E-state index contributed by atoms with van der Waals surface area (Å²) in [4.78, 5) is 13.4. The Morgan fingerprint density at radius 1 is 1.29 bits per heavy atom. The highest BCUT2D eigenvalue weighted by Crippen LogP contribution is 2.24. The smallest absolute Gasteiger partial charge is 0.335 e. The van der Waals surface area contributed by atoms with E-state index in [2.05, 4.69) is 11.8 Å². The van der Waals surface area contributed by atoms with E-state index in [1.807, 2.05) is 12.1 Å². The molecule has 1 fully saturated rings. The molecule has 0 aliphatic carbocycles. The van der Waals surface area contributed by atoms with Gasteiger partial charge in [0.05, 0.1) is 5.56 Å². The molecule has 1 aliphatic rings. The maximum atomic E-state index is 10.9. The van der Waals surface area contributed by atoms with E-state index in [4.69, 9.17) is 5.11 Å². The number of aromatic carboxylic acids is 1. The second-order valence-corrected chi connectivity index (χ2v) is 4.70. The van der Waals surface area contributed by atoms with Gasteiger partial charge in [0.15, 0.2) is 0 Å². The molecule has 1 aliphatic heterocycles. The minimum atomic E-state index is -0.849. The van der Waals surface area contributed by atoms with Crippen molar-refractivity contribution in [2.45, 2.75) is 32.2 Å². The van der Waals surface area contributed by atoms with Crippen LogP contribution >= 0.6 is 0 Å². The standard InChI is InChI=1S/C14H19NO2/c1-11(15-8-3-2-4-9-15)12-6-5-7-13(10-12)14(16)17/h5-7,10-11H,2-4,8-9H2,1H3,(H,16,17). The Kier molecular flexibility index (Phi) is 3.79. The molecule has 0 radical (unpaired) electrons. The third-order valence-corrected chi connectivity index (χ3v) is 3.55. The van der Waals surface area contributed by atoms with Crippen molar-refractivity contribution in [3.8, 4) is 0 Å². The molecule has 0 saturated carbocycles. The minimum absolute atomic E-state index is 0.314. The van der Waals surface area contributed by atoms with Gasteiger partial charge in [-0.05, 0) is 50.6 Å². The highest BCUT2D eigenvalue weighted by atomic mass is 16.4. The Hall–Kier alpha value is -1.35. The van der Waals surface area contributed by atoms with Crippen molar-refractivity contribution < 1.29 is 9.90 Å². The van der Waals surface area contributed by atoms with Gasteiger partial charge in [-0.3, -0.25) is 4.90 Å². The molecule has 1 aromatic rings. The number of benzene rings is 1. The molecule has 1 aromatic carbocycles. The lowest BCUT2D eigenvalue weighted by Gasteiger charge is -2.32. The van der Waals surface area contributed by atoms with Crippen molar-refractivity contribution in [3.63, 3.8) is 0 Å². The Balaban J connectivity index is 2.14. The molecule has 1 saturated heterocycles. The van der Waals surface area contributed by atoms with Crippen LogP contribution in [0.2, 0.25) is 0 Å². The van der Waals surface area contributed by atoms with E-state index in [0.29, 0.717) is 11.6 Å². The molecule has 0 aromatic heterocycles. The van der Waals surface area contributed by atoms with Gasteiger partial charge in [-0.1, -0.05) is 18.6 Å². The molecule has 1 N–H and O–H groups in total. The molecule has 1 atom stereocenters. The van der Waals surface area contributed by atoms with Crippen LogP contribution < -0.4 is 0 Å². The second-order valence-electron chi connectivity index (χ2n) is 4.70. The predicted octanol–water partition coefficient (Wildman–Crippen LogP) is 2.93. The maximum absolute atomic E-state index is 10.9. The lowest BCUT2D eigenvalue weighted by Crippen LogP contribution is -2.32. The second kappa shape index (κ2) is 5.32. The third kappa shape index (κ3) is 2.86. The zero-order valence-electron chi connectivity index (χ0n) is 10.2. The summed E-state index contributed by atoms with van der Waals surface area (Å²) in [6.07, 6.45) is 3.82. The average Bonchev–Trinajstić information content (AvgIpc) is 2.39. The lowest BCUT2D eigenvalue weighted by atomic mass is 10.0. The van der Waals surface area contributed by atoms with Crippen molar-refractivity contribution >= 4 is 5.97 Å². The predicted molar refractivity (Wildman–Crippen MR) is 67.2 cm³/mol. The first-order valence-electron chi connectivity index (χ1n) is 6.26. The van der Waals surface area contributed by atoms with Gasteiger partial charge in [-0.25, -0.2) is 4.79 Å². The summed E-state index contributed by atoms with van der Waals surface area (Å²) in [6.45, 7) is 4.41. The van der Waals surface area contributed by atoms with E-state index in [9.17, 15) is 4.79 Å². The molecule has 3 heteroatoms. The quantitative estimate of drug-likeness (QED) is 0.872. The van der Waals surface area contributed by atoms with Crippen molar-refractivity contribution in [2.75, 3.05) is 13.1 Å². The van der Waals surface area contributed by atoms with Gasteiger partial charge >= 0.3 is 5.97 Å². The summed E-state index contributed by atoms with van der Waals surface area (Å²) >= 11 is 0. The SMILES string of the molecule is CC(c1cccc(C(=O)O)c1)N1CCCCC1. The van der Waals surface area contributed by atoms with E-state index in [-0.39, 0.29) is 0 Å². The summed E-state index contributed by atoms with van der Waals surface area (Å²) in [6, 6.07) is 7.61. The van der Waals surface area contributed by atoms with Gasteiger partial charge in [-0.15, -0.1) is 0 Å². The fraction of sp³-hybridized carbons (Fsp3) is 0.500. The summed E-state index contributed by atoms with van der Waals surface area (Å²) in [5.74, 6) is -0.849. The van der Waals surface area contributed by atoms with Crippen LogP contribution in [-0.2, 0) is 0 Å². The molecular formula is C14H19NO2. The lowest BCUT2D eigenvalue weighted by molar-refractivity contribution is 0.0696. The Bertz CT molecular complexity index is 397. The zero-order valence-corrected chi connectivity index (χ0v) is 10.2. The summed E-state index contributed by atoms with van der Waals surface area (Å²) in [7, 11) is 0. The van der Waals surface area contributed by atoms with Gasteiger partial charge < -0.3 is 5.11 Å². The van der Waals surface area contributed by atoms with Crippen LogP contribution in [-0.4, -0.2) is 29.1 Å². The first-order chi connectivity index (χ1) is 8.18. The van der Waals surface area contributed by atoms with Crippen LogP contribution in [0.25, 0.3) is 0 Å². The molecule has 1 unspecified atom stereocenters. The molecule has 0 spiro atoms. The normalized spacial score (nSPS) is 18.9. The Morgan fingerprint density at radius 2 is 2.00 bits per heavy atom. The summed E-state index contributed by atoms with van der Waals surface area (Å²) < 4.78 is 0. The van der Waals surface area contributed by atoms with Crippen molar-refractivity contribution in [3.05, 3.63) is 35.4 Å². The fourth-order valence-electron chi connectivity index (χ4n) is 2.45. The van der Waals surface area contributed by atoms with Crippen LogP contribution in [0.3, 0.4) is 0 Å². The number of hydrogen-bond donors (Lipinski definition) is 1. The van der Waals surface area contributed by atoms with Crippen molar-refractivity contribution in [2.24, 2.45) is 0 Å². The van der Waals surface area contributed by atoms with Crippen molar-refractivity contribution in [1.82, 2.24) is 4.90 Å². The Morgan fingerprint density at radius 3 is 2.65 bits per heavy atom. The number of piperidine rings is 1. The largest absolute Gasteiger partial charge is 0.478 e. The number of carboxylic acid groups (broad SMARTS) is 1. The Labute approximate surface area is 102 Å². The number of hydrogen-bond acceptors (Lipinski definition) is 2. The van der Waals surface area contributed by atoms with Crippen LogP contribution in [0.1, 0.15) is 48.1 Å². The van der Waals surface area contributed by atoms with Gasteiger partial charge in [0, 0.05) is 6.04 Å². The maximum Gasteiger partial charge on any atom is 0.335 e. The summed E-state index contributed by atoms with van der Waals surface area (Å²) in [5.41, 5.74) is 1.48. The first kappa shape index (κ1) is 12.1. The third-order valence-electron chi connectivity index (χ3n) is 3.55. The van der Waals surface area contributed by atoms with Crippen LogP contribution in [0.5, 0.6) is 0 Å². The summed E-state index contributed by atoms with van der Waals surface area (Å²) in [5, 5.41) is 8.99. The first-order valence-corrected chi connectivity index (χ1v) is 6.26. The minimum Gasteiger partial charge on any atom is -0.478 e. The van der Waals surface area contributed by atoms with E-state index in [1.54, 1.807) is 12.1 Å². The molecule has 3 nitrogen and oxygen atoms in total. The molecule has 0 bridgehead atoms. The van der Waals surface area contributed by atoms with E-state index in [0.717, 1.165) is 18.7 Å². The monoisotopic (exact) mass is 233 g/mol. The number of carboxylic acids is 1. The highest BCUT2D eigenvalue weighted by Gasteiger charge is 2.18. The topological polar surface area (TPSA) is 40.5 Å². The van der Waals surface area contributed by atoms with E-state index >= 15 is 0 Å². The molecular weight excluding hydrogens is 214 g/mol. The van der Waals surface area contributed by atoms with Gasteiger partial charge in [0.25, 0.3) is 0 Å². The average molecular weight is 233 g/mol. The molecule has 92 valence electrons. The van der Waals surface area contributed by atoms with Gasteiger partial charge in [-0.2, -0.15) is 0 Å². The number of nitrogens with zero attached hydrogens (tertiary/aromatic N) is 1. The van der Waals surface area contributed by atoms with E-state index < -0.39 is 5.97 Å². The number of likely N-dealkylation sites (tertiary alicyclic amines) is 1. The molecule has 2 rings (SSSR count). The zero-order chi connectivity index (χ0) is 12.3. The van der Waals surface area contributed by atoms with Gasteiger partial charge in [0.2, 0.25) is 0 Å². The van der Waals surface area contributed by atoms with Crippen LogP contribution in [0.4, 0.5) is 0 Å². The van der Waals surface area contributed by atoms with Crippen LogP contribution in [0, 0.1) is 0 Å². The van der Waals surface area contributed by atoms with E-state index in [1.165, 1.54) is 19.3 Å². The van der Waals surface area contributed by atoms with Crippen molar-refractivity contribution in [1.29, 1.82) is 0 Å². The van der Waals surface area contributed by atoms with Gasteiger partial charge in [0.1, 0.15) is 0 Å².